The van der Waals surface area contributed by atoms with Gasteiger partial charge in [-0.3, -0.25) is 0 Å². The maximum atomic E-state index is 11.9. The molecule has 0 saturated heterocycles. The lowest BCUT2D eigenvalue weighted by Gasteiger charge is -2.19. The third kappa shape index (κ3) is 4.80. The van der Waals surface area contributed by atoms with Crippen molar-refractivity contribution >= 4 is 21.4 Å². The lowest BCUT2D eigenvalue weighted by molar-refractivity contribution is 0.321. The SMILES string of the molecule is CS(=O)(=O)N(Cc1cccc(OCCc2ccsc2)c1)C1CC1. The number of ether oxygens (including phenoxy) is 1. The van der Waals surface area contributed by atoms with E-state index in [1.807, 2.05) is 24.3 Å². The molecule has 1 heterocycles. The first-order valence-electron chi connectivity index (χ1n) is 7.72. The molecule has 0 bridgehead atoms. The molecule has 3 rings (SSSR count). The lowest BCUT2D eigenvalue weighted by Crippen LogP contribution is -2.31. The summed E-state index contributed by atoms with van der Waals surface area (Å²) in [6, 6.07) is 10.00. The fourth-order valence-electron chi connectivity index (χ4n) is 2.51. The number of sulfonamides is 1. The Morgan fingerprint density at radius 3 is 2.74 bits per heavy atom. The van der Waals surface area contributed by atoms with Crippen molar-refractivity contribution in [2.45, 2.75) is 31.8 Å². The van der Waals surface area contributed by atoms with Crippen LogP contribution in [-0.2, 0) is 23.0 Å². The summed E-state index contributed by atoms with van der Waals surface area (Å²) in [4.78, 5) is 0. The smallest absolute Gasteiger partial charge is 0.211 e. The van der Waals surface area contributed by atoms with Crippen molar-refractivity contribution in [2.24, 2.45) is 0 Å². The molecular formula is C17H21NO3S2. The van der Waals surface area contributed by atoms with Gasteiger partial charge in [-0.05, 0) is 52.9 Å². The topological polar surface area (TPSA) is 46.6 Å². The van der Waals surface area contributed by atoms with E-state index in [2.05, 4.69) is 16.8 Å². The molecule has 23 heavy (non-hydrogen) atoms. The average molecular weight is 351 g/mol. The van der Waals surface area contributed by atoms with Crippen LogP contribution in [0.5, 0.6) is 5.75 Å². The van der Waals surface area contributed by atoms with Gasteiger partial charge in [-0.25, -0.2) is 8.42 Å². The molecule has 0 unspecified atom stereocenters. The minimum atomic E-state index is -3.17. The van der Waals surface area contributed by atoms with Crippen molar-refractivity contribution in [3.05, 3.63) is 52.2 Å². The molecule has 1 fully saturated rings. The Morgan fingerprint density at radius 1 is 1.26 bits per heavy atom. The summed E-state index contributed by atoms with van der Waals surface area (Å²) in [6.07, 6.45) is 4.09. The first kappa shape index (κ1) is 16.5. The third-order valence-corrected chi connectivity index (χ3v) is 5.87. The van der Waals surface area contributed by atoms with Gasteiger partial charge in [0.15, 0.2) is 0 Å². The van der Waals surface area contributed by atoms with E-state index in [1.165, 1.54) is 11.8 Å². The second-order valence-corrected chi connectivity index (χ2v) is 8.63. The van der Waals surface area contributed by atoms with Gasteiger partial charge >= 0.3 is 0 Å². The zero-order valence-corrected chi connectivity index (χ0v) is 14.8. The third-order valence-electron chi connectivity index (χ3n) is 3.86. The van der Waals surface area contributed by atoms with Crippen molar-refractivity contribution in [1.82, 2.24) is 4.31 Å². The first-order valence-corrected chi connectivity index (χ1v) is 10.5. The van der Waals surface area contributed by atoms with Crippen molar-refractivity contribution in [3.8, 4) is 5.75 Å². The summed E-state index contributed by atoms with van der Waals surface area (Å²) in [5.41, 5.74) is 2.25. The average Bonchev–Trinajstić information content (AvgIpc) is 3.20. The van der Waals surface area contributed by atoms with E-state index in [4.69, 9.17) is 4.74 Å². The number of benzene rings is 1. The van der Waals surface area contributed by atoms with Gasteiger partial charge in [-0.15, -0.1) is 0 Å². The van der Waals surface area contributed by atoms with Gasteiger partial charge in [0.2, 0.25) is 10.0 Å². The van der Waals surface area contributed by atoms with Gasteiger partial charge < -0.3 is 4.74 Å². The summed E-state index contributed by atoms with van der Waals surface area (Å²) >= 11 is 1.69. The van der Waals surface area contributed by atoms with Crippen LogP contribution in [0.2, 0.25) is 0 Å². The van der Waals surface area contributed by atoms with Crippen LogP contribution in [0.3, 0.4) is 0 Å². The maximum Gasteiger partial charge on any atom is 0.211 e. The van der Waals surface area contributed by atoms with Crippen LogP contribution in [0.15, 0.2) is 41.1 Å². The highest BCUT2D eigenvalue weighted by Gasteiger charge is 2.34. The Kier molecular flexibility index (Phi) is 5.04. The monoisotopic (exact) mass is 351 g/mol. The molecule has 1 aromatic heterocycles. The first-order chi connectivity index (χ1) is 11.0. The highest BCUT2D eigenvalue weighted by atomic mass is 32.2. The van der Waals surface area contributed by atoms with Crippen LogP contribution in [-0.4, -0.2) is 31.6 Å². The fourth-order valence-corrected chi connectivity index (χ4v) is 4.35. The fraction of sp³-hybridized carbons (Fsp3) is 0.412. The predicted octanol–water partition coefficient (Wildman–Crippen LogP) is 3.29. The zero-order chi connectivity index (χ0) is 16.3. The molecule has 0 N–H and O–H groups in total. The molecule has 1 aliphatic rings. The van der Waals surface area contributed by atoms with Crippen LogP contribution in [0.4, 0.5) is 0 Å². The second-order valence-electron chi connectivity index (χ2n) is 5.92. The van der Waals surface area contributed by atoms with Crippen LogP contribution in [0, 0.1) is 0 Å². The molecule has 6 heteroatoms. The molecule has 1 aromatic carbocycles. The van der Waals surface area contributed by atoms with Gasteiger partial charge in [0.05, 0.1) is 12.9 Å². The molecule has 0 atom stereocenters. The van der Waals surface area contributed by atoms with Gasteiger partial charge in [-0.1, -0.05) is 12.1 Å². The minimum absolute atomic E-state index is 0.174. The molecule has 0 radical (unpaired) electrons. The number of hydrogen-bond donors (Lipinski definition) is 0. The number of rotatable bonds is 8. The Balaban J connectivity index is 1.60. The molecule has 1 saturated carbocycles. The molecular weight excluding hydrogens is 330 g/mol. The van der Waals surface area contributed by atoms with Crippen molar-refractivity contribution < 1.29 is 13.2 Å². The van der Waals surface area contributed by atoms with E-state index in [-0.39, 0.29) is 6.04 Å². The maximum absolute atomic E-state index is 11.9. The summed E-state index contributed by atoms with van der Waals surface area (Å²) in [5.74, 6) is 0.793. The zero-order valence-electron chi connectivity index (χ0n) is 13.1. The predicted molar refractivity (Wildman–Crippen MR) is 93.4 cm³/mol. The van der Waals surface area contributed by atoms with Crippen LogP contribution in [0.25, 0.3) is 0 Å². The second kappa shape index (κ2) is 7.03. The van der Waals surface area contributed by atoms with Crippen molar-refractivity contribution in [1.29, 1.82) is 0 Å². The highest BCUT2D eigenvalue weighted by Crippen LogP contribution is 2.30. The Bertz CT molecular complexity index is 737. The van der Waals surface area contributed by atoms with Gasteiger partial charge in [0, 0.05) is 19.0 Å². The Hall–Kier alpha value is -1.37. The standard InChI is InChI=1S/C17H21NO3S2/c1-23(19,20)18(16-5-6-16)12-15-3-2-4-17(11-15)21-9-7-14-8-10-22-13-14/h2-4,8,10-11,13,16H,5-7,9,12H2,1H3. The van der Waals surface area contributed by atoms with Crippen LogP contribution >= 0.6 is 11.3 Å². The van der Waals surface area contributed by atoms with E-state index >= 15 is 0 Å². The van der Waals surface area contributed by atoms with E-state index in [9.17, 15) is 8.42 Å². The van der Waals surface area contributed by atoms with Crippen LogP contribution < -0.4 is 4.74 Å². The molecule has 4 nitrogen and oxygen atoms in total. The highest BCUT2D eigenvalue weighted by molar-refractivity contribution is 7.88. The van der Waals surface area contributed by atoms with Crippen molar-refractivity contribution in [2.75, 3.05) is 12.9 Å². The molecule has 1 aliphatic carbocycles. The minimum Gasteiger partial charge on any atom is -0.493 e. The Labute approximate surface area is 141 Å². The molecule has 124 valence electrons. The number of thiophene rings is 1. The van der Waals surface area contributed by atoms with Crippen molar-refractivity contribution in [3.63, 3.8) is 0 Å². The van der Waals surface area contributed by atoms with Gasteiger partial charge in [0.1, 0.15) is 5.75 Å². The molecule has 0 aliphatic heterocycles. The Morgan fingerprint density at radius 2 is 2.09 bits per heavy atom. The van der Waals surface area contributed by atoms with E-state index in [1.54, 1.807) is 15.6 Å². The summed E-state index contributed by atoms with van der Waals surface area (Å²) in [5, 5.41) is 4.19. The molecule has 2 aromatic rings. The van der Waals surface area contributed by atoms with E-state index < -0.39 is 10.0 Å². The van der Waals surface area contributed by atoms with E-state index in [0.717, 1.165) is 30.6 Å². The van der Waals surface area contributed by atoms with Gasteiger partial charge in [-0.2, -0.15) is 15.6 Å². The van der Waals surface area contributed by atoms with Crippen LogP contribution in [0.1, 0.15) is 24.0 Å². The van der Waals surface area contributed by atoms with E-state index in [0.29, 0.717) is 13.2 Å². The quantitative estimate of drug-likeness (QED) is 0.733. The molecule has 0 amide bonds. The number of nitrogens with zero attached hydrogens (tertiary/aromatic N) is 1. The largest absolute Gasteiger partial charge is 0.493 e. The normalized spacial score (nSPS) is 15.0. The molecule has 0 spiro atoms. The summed E-state index contributed by atoms with van der Waals surface area (Å²) in [6.45, 7) is 1.05. The summed E-state index contributed by atoms with van der Waals surface area (Å²) < 4.78 is 31.2. The number of hydrogen-bond acceptors (Lipinski definition) is 4. The lowest BCUT2D eigenvalue weighted by atomic mass is 10.2. The summed E-state index contributed by atoms with van der Waals surface area (Å²) in [7, 11) is -3.17. The van der Waals surface area contributed by atoms with Gasteiger partial charge in [0.25, 0.3) is 0 Å².